The van der Waals surface area contributed by atoms with Crippen LogP contribution in [0, 0.1) is 11.6 Å². The molecule has 2 aromatic carbocycles. The minimum atomic E-state index is -4.72. The lowest BCUT2D eigenvalue weighted by Crippen LogP contribution is -2.43. The molecule has 1 aromatic heterocycles. The van der Waals surface area contributed by atoms with Gasteiger partial charge in [0, 0.05) is 23.9 Å². The van der Waals surface area contributed by atoms with E-state index in [1.165, 1.54) is 18.3 Å². The number of amides is 1. The average molecular weight is 617 g/mol. The summed E-state index contributed by atoms with van der Waals surface area (Å²) >= 11 is 0. The molecule has 1 aliphatic rings. The van der Waals surface area contributed by atoms with Crippen LogP contribution in [0.25, 0.3) is 11.3 Å². The first kappa shape index (κ1) is 31.5. The number of fused-ring (bicyclic) bond motifs is 1. The van der Waals surface area contributed by atoms with Crippen molar-refractivity contribution < 1.29 is 54.6 Å². The molecular formula is C28H23F8N3O4. The zero-order valence-corrected chi connectivity index (χ0v) is 22.2. The summed E-state index contributed by atoms with van der Waals surface area (Å²) in [5.74, 6) is -6.08. The monoisotopic (exact) mass is 617 g/mol. The van der Waals surface area contributed by atoms with Gasteiger partial charge >= 0.3 is 18.3 Å². The Kier molecular flexibility index (Phi) is 8.83. The van der Waals surface area contributed by atoms with Crippen molar-refractivity contribution in [2.45, 2.75) is 50.6 Å². The van der Waals surface area contributed by atoms with Crippen LogP contribution in [0.15, 0.2) is 42.6 Å². The first-order valence-electron chi connectivity index (χ1n) is 12.7. The molecule has 0 saturated carbocycles. The van der Waals surface area contributed by atoms with Gasteiger partial charge in [0.05, 0.1) is 17.9 Å². The molecule has 1 amide bonds. The molecule has 0 fully saturated rings. The fourth-order valence-electron chi connectivity index (χ4n) is 4.61. The van der Waals surface area contributed by atoms with Gasteiger partial charge in [-0.05, 0) is 61.2 Å². The number of benzene rings is 2. The summed E-state index contributed by atoms with van der Waals surface area (Å²) in [6.45, 7) is 0.887. The number of carbonyl (C=O) groups excluding carboxylic acids is 1. The van der Waals surface area contributed by atoms with Crippen molar-refractivity contribution in [2.24, 2.45) is 0 Å². The third-order valence-electron chi connectivity index (χ3n) is 6.71. The Morgan fingerprint density at radius 2 is 1.74 bits per heavy atom. The second kappa shape index (κ2) is 12.1. The van der Waals surface area contributed by atoms with Gasteiger partial charge in [0.1, 0.15) is 35.0 Å². The smallest absolute Gasteiger partial charge is 0.418 e. The Bertz CT molecular complexity index is 1520. The average Bonchev–Trinajstić information content (AvgIpc) is 2.91. The number of nitrogens with one attached hydrogen (secondary N) is 2. The molecule has 2 atom stereocenters. The Morgan fingerprint density at radius 1 is 1.07 bits per heavy atom. The van der Waals surface area contributed by atoms with Gasteiger partial charge in [-0.3, -0.25) is 9.78 Å². The first-order valence-corrected chi connectivity index (χ1v) is 12.7. The number of hydrogen-bond acceptors (Lipinski definition) is 5. The predicted molar refractivity (Wildman–Crippen MR) is 137 cm³/mol. The van der Waals surface area contributed by atoms with Gasteiger partial charge in [-0.1, -0.05) is 6.07 Å². The highest BCUT2D eigenvalue weighted by molar-refractivity contribution is 5.97. The molecule has 0 spiro atoms. The van der Waals surface area contributed by atoms with Gasteiger partial charge < -0.3 is 20.5 Å². The SMILES string of the molecule is C[C@@H](Nc1cc(F)c(C(=O)N[C@@H](Cc2ccc(-c3ncccc3C(F)(F)F)c3c2CCCO3)C(=O)O)c(F)c1)C(F)(F)F. The quantitative estimate of drug-likeness (QED) is 0.262. The van der Waals surface area contributed by atoms with Gasteiger partial charge in [0.25, 0.3) is 5.91 Å². The third kappa shape index (κ3) is 6.97. The van der Waals surface area contributed by atoms with E-state index < -0.39 is 76.9 Å². The maximum Gasteiger partial charge on any atom is 0.418 e. The Balaban J connectivity index is 1.62. The standard InChI is InChI=1S/C28H23F8N3O4/c1-13(27(31,32)33)38-15-11-19(29)22(20(30)12-15)25(40)39-21(26(41)42)10-14-6-7-17(24-16(14)4-3-9-43-24)23-18(28(34,35)36)5-2-8-37-23/h2,5-8,11-13,21,38H,3-4,9-10H2,1H3,(H,39,40)(H,41,42)/t13-,21+/m1/s1. The van der Waals surface area contributed by atoms with Crippen LogP contribution in [0.5, 0.6) is 5.75 Å². The number of rotatable bonds is 8. The Hall–Kier alpha value is -4.43. The number of carboxylic acids is 1. The number of hydrogen-bond donors (Lipinski definition) is 3. The number of carbonyl (C=O) groups is 2. The molecule has 0 bridgehead atoms. The minimum absolute atomic E-state index is 0.0277. The lowest BCUT2D eigenvalue weighted by molar-refractivity contribution is -0.139. The molecule has 0 saturated heterocycles. The highest BCUT2D eigenvalue weighted by Crippen LogP contribution is 2.43. The van der Waals surface area contributed by atoms with E-state index in [9.17, 15) is 49.8 Å². The van der Waals surface area contributed by atoms with Crippen LogP contribution in [-0.2, 0) is 23.8 Å². The molecule has 3 N–H and O–H groups in total. The topological polar surface area (TPSA) is 101 Å². The van der Waals surface area contributed by atoms with Gasteiger partial charge in [-0.15, -0.1) is 0 Å². The van der Waals surface area contributed by atoms with Crippen molar-refractivity contribution in [3.8, 4) is 17.0 Å². The molecule has 43 heavy (non-hydrogen) atoms. The third-order valence-corrected chi connectivity index (χ3v) is 6.71. The van der Waals surface area contributed by atoms with Crippen LogP contribution in [0.4, 0.5) is 40.8 Å². The van der Waals surface area contributed by atoms with Gasteiger partial charge in [-0.2, -0.15) is 26.3 Å². The summed E-state index contributed by atoms with van der Waals surface area (Å²) in [5, 5.41) is 13.6. The molecule has 3 aromatic rings. The summed E-state index contributed by atoms with van der Waals surface area (Å²) in [6, 6.07) is 1.65. The van der Waals surface area contributed by atoms with Crippen molar-refractivity contribution in [3.05, 3.63) is 76.5 Å². The molecule has 1 aliphatic heterocycles. The van der Waals surface area contributed by atoms with Crippen LogP contribution in [0.1, 0.15) is 40.4 Å². The van der Waals surface area contributed by atoms with E-state index in [1.54, 1.807) is 0 Å². The summed E-state index contributed by atoms with van der Waals surface area (Å²) < 4.78 is 114. The fraction of sp³-hybridized carbons (Fsp3) is 0.321. The molecule has 15 heteroatoms. The molecule has 0 unspecified atom stereocenters. The minimum Gasteiger partial charge on any atom is -0.493 e. The molecular weight excluding hydrogens is 594 g/mol. The lowest BCUT2D eigenvalue weighted by atomic mass is 9.90. The predicted octanol–water partition coefficient (Wildman–Crippen LogP) is 6.16. The number of pyridine rings is 1. The van der Waals surface area contributed by atoms with E-state index in [0.717, 1.165) is 19.1 Å². The van der Waals surface area contributed by atoms with E-state index in [4.69, 9.17) is 4.74 Å². The number of nitrogens with zero attached hydrogens (tertiary/aromatic N) is 1. The van der Waals surface area contributed by atoms with Crippen molar-refractivity contribution in [1.82, 2.24) is 10.3 Å². The van der Waals surface area contributed by atoms with E-state index >= 15 is 0 Å². The van der Waals surface area contributed by atoms with E-state index in [1.807, 2.05) is 10.6 Å². The Morgan fingerprint density at radius 3 is 2.35 bits per heavy atom. The molecule has 4 rings (SSSR count). The number of aromatic nitrogens is 1. The highest BCUT2D eigenvalue weighted by Gasteiger charge is 2.37. The van der Waals surface area contributed by atoms with Crippen LogP contribution >= 0.6 is 0 Å². The molecule has 0 aliphatic carbocycles. The number of ether oxygens (including phenoxy) is 1. The Labute approximate surface area is 238 Å². The fourth-order valence-corrected chi connectivity index (χ4v) is 4.61. The highest BCUT2D eigenvalue weighted by atomic mass is 19.4. The zero-order chi connectivity index (χ0) is 31.7. The summed E-state index contributed by atoms with van der Waals surface area (Å²) in [6.07, 6.45) is -7.96. The summed E-state index contributed by atoms with van der Waals surface area (Å²) in [5.41, 5.74) is -2.51. The van der Waals surface area contributed by atoms with Gasteiger partial charge in [0.2, 0.25) is 0 Å². The normalized spacial score (nSPS) is 14.7. The number of anilines is 1. The number of aliphatic carboxylic acids is 1. The van der Waals surface area contributed by atoms with Crippen molar-refractivity contribution in [1.29, 1.82) is 0 Å². The van der Waals surface area contributed by atoms with Crippen LogP contribution in [0.3, 0.4) is 0 Å². The number of halogens is 8. The molecule has 7 nitrogen and oxygen atoms in total. The lowest BCUT2D eigenvalue weighted by Gasteiger charge is -2.25. The molecule has 0 radical (unpaired) electrons. The van der Waals surface area contributed by atoms with Crippen molar-refractivity contribution in [2.75, 3.05) is 11.9 Å². The zero-order valence-electron chi connectivity index (χ0n) is 22.2. The molecule has 230 valence electrons. The van der Waals surface area contributed by atoms with Gasteiger partial charge in [0.15, 0.2) is 0 Å². The first-order chi connectivity index (χ1) is 20.1. The summed E-state index contributed by atoms with van der Waals surface area (Å²) in [4.78, 5) is 28.7. The number of alkyl halides is 6. The maximum atomic E-state index is 14.7. The summed E-state index contributed by atoms with van der Waals surface area (Å²) in [7, 11) is 0. The molecule has 2 heterocycles. The van der Waals surface area contributed by atoms with E-state index in [-0.39, 0.29) is 23.5 Å². The van der Waals surface area contributed by atoms with Crippen LogP contribution in [-0.4, -0.2) is 46.8 Å². The van der Waals surface area contributed by atoms with Crippen molar-refractivity contribution >= 4 is 17.6 Å². The van der Waals surface area contributed by atoms with E-state index in [0.29, 0.717) is 30.5 Å². The van der Waals surface area contributed by atoms with Gasteiger partial charge in [-0.25, -0.2) is 13.6 Å². The van der Waals surface area contributed by atoms with Crippen LogP contribution < -0.4 is 15.4 Å². The van der Waals surface area contributed by atoms with Crippen molar-refractivity contribution in [3.63, 3.8) is 0 Å². The maximum absolute atomic E-state index is 14.7. The second-order valence-electron chi connectivity index (χ2n) is 9.72. The van der Waals surface area contributed by atoms with E-state index in [2.05, 4.69) is 4.98 Å². The second-order valence-corrected chi connectivity index (χ2v) is 9.72. The number of carboxylic acid groups (broad SMARTS) is 1. The van der Waals surface area contributed by atoms with Crippen LogP contribution in [0.2, 0.25) is 0 Å². The largest absolute Gasteiger partial charge is 0.493 e.